The van der Waals surface area contributed by atoms with Crippen LogP contribution >= 0.6 is 11.8 Å². The Morgan fingerprint density at radius 2 is 1.65 bits per heavy atom. The maximum atomic E-state index is 13.6. The maximum absolute atomic E-state index is 13.6. The number of piperidine rings is 1. The molecule has 0 saturated carbocycles. The number of hydrogen-bond donors (Lipinski definition) is 0. The number of nitrogens with zero attached hydrogens (tertiary/aromatic N) is 3. The molecule has 2 aliphatic rings. The topological polar surface area (TPSA) is 70.0 Å². The third-order valence-corrected chi connectivity index (χ3v) is 9.60. The maximum Gasteiger partial charge on any atom is 0.244 e. The molecule has 0 atom stereocenters. The number of hydrogen-bond acceptors (Lipinski definition) is 6. The van der Waals surface area contributed by atoms with Gasteiger partial charge in [-0.3, -0.25) is 0 Å². The van der Waals surface area contributed by atoms with E-state index >= 15 is 0 Å². The summed E-state index contributed by atoms with van der Waals surface area (Å²) in [4.78, 5) is 15.5. The highest BCUT2D eigenvalue weighted by Gasteiger charge is 2.34. The highest BCUT2D eigenvalue weighted by atomic mass is 32.2. The van der Waals surface area contributed by atoms with Crippen molar-refractivity contribution in [2.45, 2.75) is 60.3 Å². The minimum Gasteiger partial charge on any atom is -0.300 e. The highest BCUT2D eigenvalue weighted by molar-refractivity contribution is 8.00. The molecule has 0 radical (unpaired) electrons. The number of benzene rings is 2. The van der Waals surface area contributed by atoms with Gasteiger partial charge >= 0.3 is 0 Å². The first-order valence-corrected chi connectivity index (χ1v) is 13.1. The molecule has 166 valence electrons. The van der Waals surface area contributed by atoms with E-state index in [1.54, 1.807) is 16.4 Å². The molecule has 0 amide bonds. The van der Waals surface area contributed by atoms with Gasteiger partial charge in [0.05, 0.1) is 4.90 Å². The van der Waals surface area contributed by atoms with E-state index < -0.39 is 10.0 Å². The third-order valence-electron chi connectivity index (χ3n) is 6.29. The average Bonchev–Trinajstić information content (AvgIpc) is 3.31. The summed E-state index contributed by atoms with van der Waals surface area (Å²) in [7, 11) is -3.72. The van der Waals surface area contributed by atoms with Crippen LogP contribution in [0, 0.1) is 18.8 Å². The van der Waals surface area contributed by atoms with E-state index in [0.29, 0.717) is 24.0 Å². The molecule has 0 unspecified atom stereocenters. The van der Waals surface area contributed by atoms with Crippen LogP contribution in [0.2, 0.25) is 0 Å². The number of aryl methyl sites for hydroxylation is 2. The predicted octanol–water partition coefficient (Wildman–Crippen LogP) is 5.10. The highest BCUT2D eigenvalue weighted by Crippen LogP contribution is 2.38. The first kappa shape index (κ1) is 22.5. The van der Waals surface area contributed by atoms with Crippen LogP contribution in [0.3, 0.4) is 0 Å². The number of likely N-dealkylation sites (tertiary alicyclic amines) is 1. The number of sulfonamides is 1. The van der Waals surface area contributed by atoms with Crippen molar-refractivity contribution in [1.29, 1.82) is 0 Å². The fourth-order valence-corrected chi connectivity index (χ4v) is 7.48. The first-order valence-electron chi connectivity index (χ1n) is 10.9. The molecule has 2 aliphatic heterocycles. The van der Waals surface area contributed by atoms with E-state index in [4.69, 9.17) is 0 Å². The average molecular weight is 460 g/mol. The molecule has 2 heterocycles. The quantitative estimate of drug-likeness (QED) is 0.562. The van der Waals surface area contributed by atoms with Gasteiger partial charge in [0.25, 0.3) is 0 Å². The van der Waals surface area contributed by atoms with Crippen LogP contribution in [0.4, 0.5) is 5.69 Å². The molecule has 2 aromatic rings. The van der Waals surface area contributed by atoms with E-state index in [0.717, 1.165) is 42.0 Å². The van der Waals surface area contributed by atoms with Crippen molar-refractivity contribution < 1.29 is 8.42 Å². The van der Waals surface area contributed by atoms with Crippen molar-refractivity contribution in [3.63, 3.8) is 0 Å². The first-order chi connectivity index (χ1) is 14.9. The van der Waals surface area contributed by atoms with E-state index in [-0.39, 0.29) is 10.6 Å². The minimum absolute atomic E-state index is 0.135. The Kier molecular flexibility index (Phi) is 6.81. The lowest BCUT2D eigenvalue weighted by Gasteiger charge is -2.36. The van der Waals surface area contributed by atoms with Crippen molar-refractivity contribution in [3.05, 3.63) is 52.4 Å². The fraction of sp³-hybridized carbons (Fsp3) is 0.478. The van der Waals surface area contributed by atoms with E-state index in [1.807, 2.05) is 26.0 Å². The lowest BCUT2D eigenvalue weighted by molar-refractivity contribution is 0.167. The third kappa shape index (κ3) is 4.87. The summed E-state index contributed by atoms with van der Waals surface area (Å²) in [6.45, 7) is 7.30. The van der Waals surface area contributed by atoms with Crippen LogP contribution in [-0.4, -0.2) is 49.8 Å². The normalized spacial score (nSPS) is 19.0. The Morgan fingerprint density at radius 1 is 0.935 bits per heavy atom. The Balaban J connectivity index is 1.61. The van der Waals surface area contributed by atoms with Crippen molar-refractivity contribution in [1.82, 2.24) is 9.21 Å². The predicted molar refractivity (Wildman–Crippen MR) is 125 cm³/mol. The monoisotopic (exact) mass is 459 g/mol. The van der Waals surface area contributed by atoms with Crippen LogP contribution in [0.15, 0.2) is 56.3 Å². The molecular weight excluding hydrogens is 430 g/mol. The SMILES string of the molecule is Cc1ccc(C)c(Sc2ccc(N=O)cc2S(=O)(=O)N2CCC(N3CCCC3)CC2)c1. The molecule has 4 rings (SSSR count). The summed E-state index contributed by atoms with van der Waals surface area (Å²) in [6.07, 6.45) is 4.18. The lowest BCUT2D eigenvalue weighted by Crippen LogP contribution is -2.45. The Hall–Kier alpha value is -1.74. The molecular formula is C23H29N3O3S2. The van der Waals surface area contributed by atoms with Gasteiger partial charge in [0.2, 0.25) is 10.0 Å². The Morgan fingerprint density at radius 3 is 2.32 bits per heavy atom. The molecule has 2 saturated heterocycles. The molecule has 0 N–H and O–H groups in total. The van der Waals surface area contributed by atoms with Crippen molar-refractivity contribution in [3.8, 4) is 0 Å². The zero-order valence-corrected chi connectivity index (χ0v) is 19.7. The van der Waals surface area contributed by atoms with Gasteiger partial charge in [-0.15, -0.1) is 4.91 Å². The van der Waals surface area contributed by atoms with Gasteiger partial charge in [-0.05, 0) is 93.2 Å². The van der Waals surface area contributed by atoms with Gasteiger partial charge in [-0.1, -0.05) is 23.9 Å². The largest absolute Gasteiger partial charge is 0.300 e. The van der Waals surface area contributed by atoms with Gasteiger partial charge in [-0.2, -0.15) is 4.31 Å². The Bertz CT molecular complexity index is 1060. The molecule has 2 aromatic carbocycles. The van der Waals surface area contributed by atoms with Gasteiger partial charge in [-0.25, -0.2) is 8.42 Å². The summed E-state index contributed by atoms with van der Waals surface area (Å²) >= 11 is 1.43. The molecule has 8 heteroatoms. The molecule has 0 aromatic heterocycles. The van der Waals surface area contributed by atoms with E-state index in [2.05, 4.69) is 16.1 Å². The number of rotatable bonds is 6. The summed E-state index contributed by atoms with van der Waals surface area (Å²) in [5.74, 6) is 0. The van der Waals surface area contributed by atoms with Gasteiger partial charge in [0.15, 0.2) is 0 Å². The van der Waals surface area contributed by atoms with Gasteiger partial charge in [0, 0.05) is 28.9 Å². The summed E-state index contributed by atoms with van der Waals surface area (Å²) in [5.41, 5.74) is 2.34. The summed E-state index contributed by atoms with van der Waals surface area (Å²) < 4.78 is 28.8. The molecule has 0 bridgehead atoms. The van der Waals surface area contributed by atoms with Gasteiger partial charge < -0.3 is 4.90 Å². The number of nitroso groups, excluding NO2 is 1. The van der Waals surface area contributed by atoms with Crippen LogP contribution in [0.1, 0.15) is 36.8 Å². The second-order valence-corrected chi connectivity index (χ2v) is 11.5. The smallest absolute Gasteiger partial charge is 0.244 e. The minimum atomic E-state index is -3.72. The van der Waals surface area contributed by atoms with Crippen LogP contribution in [-0.2, 0) is 10.0 Å². The molecule has 0 aliphatic carbocycles. The standard InChI is InChI=1S/C23H29N3O3S2/c1-17-5-6-18(2)22(15-17)30-21-8-7-19(24-27)16-23(21)31(28,29)26-13-9-20(10-14-26)25-11-3-4-12-25/h5-8,15-16,20H,3-4,9-14H2,1-2H3. The van der Waals surface area contributed by atoms with Crippen LogP contribution in [0.5, 0.6) is 0 Å². The summed E-state index contributed by atoms with van der Waals surface area (Å²) in [6, 6.07) is 11.3. The van der Waals surface area contributed by atoms with E-state index in [1.165, 1.54) is 30.7 Å². The molecule has 6 nitrogen and oxygen atoms in total. The molecule has 31 heavy (non-hydrogen) atoms. The molecule has 2 fully saturated rings. The fourth-order valence-electron chi connectivity index (χ4n) is 4.47. The van der Waals surface area contributed by atoms with Crippen molar-refractivity contribution in [2.24, 2.45) is 5.18 Å². The second-order valence-electron chi connectivity index (χ2n) is 8.47. The summed E-state index contributed by atoms with van der Waals surface area (Å²) in [5, 5.41) is 2.99. The second kappa shape index (κ2) is 9.40. The van der Waals surface area contributed by atoms with Crippen molar-refractivity contribution in [2.75, 3.05) is 26.2 Å². The Labute approximate surface area is 189 Å². The van der Waals surface area contributed by atoms with E-state index in [9.17, 15) is 13.3 Å². The zero-order chi connectivity index (χ0) is 22.0. The van der Waals surface area contributed by atoms with Gasteiger partial charge in [0.1, 0.15) is 5.69 Å². The lowest BCUT2D eigenvalue weighted by atomic mass is 10.1. The van der Waals surface area contributed by atoms with Crippen LogP contribution < -0.4 is 0 Å². The van der Waals surface area contributed by atoms with Crippen LogP contribution in [0.25, 0.3) is 0 Å². The zero-order valence-electron chi connectivity index (χ0n) is 18.1. The molecule has 0 spiro atoms. The van der Waals surface area contributed by atoms with Crippen molar-refractivity contribution >= 4 is 27.5 Å².